The molecule has 2 heterocycles. The molecule has 0 saturated carbocycles. The number of carbonyl (C=O) groups is 1. The number of aromatic nitrogens is 3. The second kappa shape index (κ2) is 6.92. The molecule has 0 aliphatic rings. The third kappa shape index (κ3) is 3.72. The van der Waals surface area contributed by atoms with Gasteiger partial charge in [-0.3, -0.25) is 4.79 Å². The number of amides is 1. The highest BCUT2D eigenvalue weighted by molar-refractivity contribution is 6.33. The van der Waals surface area contributed by atoms with Gasteiger partial charge in [0, 0.05) is 29.3 Å². The summed E-state index contributed by atoms with van der Waals surface area (Å²) in [4.78, 5) is 22.9. The van der Waals surface area contributed by atoms with Crippen LogP contribution < -0.4 is 11.1 Å². The van der Waals surface area contributed by atoms with E-state index in [4.69, 9.17) is 17.3 Å². The molecule has 2 aromatic heterocycles. The molecule has 0 radical (unpaired) electrons. The maximum absolute atomic E-state index is 13.1. The van der Waals surface area contributed by atoms with Crippen LogP contribution in [-0.4, -0.2) is 27.9 Å². The standard InChI is InChI=1S/C17H13ClF3N5O/c1-23-16(27)15-10(5-13(26-15)12-6-14(22)25-7-24-12)9-4-8(17(19,20)21)2-3-11(9)18/h2-7,26H,1H3,(H,23,27)(H2,22,24,25). The fourth-order valence-electron chi connectivity index (χ4n) is 2.54. The first-order chi connectivity index (χ1) is 12.7. The van der Waals surface area contributed by atoms with E-state index in [0.717, 1.165) is 18.2 Å². The van der Waals surface area contributed by atoms with E-state index in [0.29, 0.717) is 11.4 Å². The lowest BCUT2D eigenvalue weighted by Gasteiger charge is -2.11. The number of hydrogen-bond donors (Lipinski definition) is 3. The number of carbonyl (C=O) groups excluding carboxylic acids is 1. The van der Waals surface area contributed by atoms with E-state index in [-0.39, 0.29) is 27.7 Å². The first-order valence-electron chi connectivity index (χ1n) is 7.61. The molecule has 0 aliphatic heterocycles. The van der Waals surface area contributed by atoms with E-state index in [1.54, 1.807) is 0 Å². The summed E-state index contributed by atoms with van der Waals surface area (Å²) in [6.07, 6.45) is -3.31. The summed E-state index contributed by atoms with van der Waals surface area (Å²) in [6.45, 7) is 0. The highest BCUT2D eigenvalue weighted by Crippen LogP contribution is 2.38. The number of nitrogen functional groups attached to an aromatic ring is 1. The Kier molecular flexibility index (Phi) is 4.79. The van der Waals surface area contributed by atoms with Crippen molar-refractivity contribution in [1.82, 2.24) is 20.3 Å². The van der Waals surface area contributed by atoms with E-state index in [2.05, 4.69) is 20.3 Å². The fraction of sp³-hybridized carbons (Fsp3) is 0.118. The second-order valence-electron chi connectivity index (χ2n) is 5.57. The number of rotatable bonds is 3. The smallest absolute Gasteiger partial charge is 0.384 e. The van der Waals surface area contributed by atoms with Crippen LogP contribution in [0.1, 0.15) is 16.1 Å². The molecule has 0 unspecified atom stereocenters. The van der Waals surface area contributed by atoms with Gasteiger partial charge in [0.05, 0.1) is 17.0 Å². The van der Waals surface area contributed by atoms with Gasteiger partial charge in [0.15, 0.2) is 0 Å². The van der Waals surface area contributed by atoms with Crippen LogP contribution in [0, 0.1) is 0 Å². The van der Waals surface area contributed by atoms with Crippen LogP contribution in [0.5, 0.6) is 0 Å². The molecule has 4 N–H and O–H groups in total. The Morgan fingerprint density at radius 1 is 1.19 bits per heavy atom. The van der Waals surface area contributed by atoms with E-state index in [1.165, 1.54) is 25.5 Å². The molecule has 0 saturated heterocycles. The van der Waals surface area contributed by atoms with Crippen molar-refractivity contribution in [3.63, 3.8) is 0 Å². The molecule has 0 aliphatic carbocycles. The second-order valence-corrected chi connectivity index (χ2v) is 5.98. The number of hydrogen-bond acceptors (Lipinski definition) is 4. The summed E-state index contributed by atoms with van der Waals surface area (Å²) in [5, 5.41) is 2.51. The van der Waals surface area contributed by atoms with Crippen LogP contribution in [0.15, 0.2) is 36.7 Å². The average molecular weight is 396 g/mol. The molecular formula is C17H13ClF3N5O. The monoisotopic (exact) mass is 395 g/mol. The summed E-state index contributed by atoms with van der Waals surface area (Å²) >= 11 is 6.12. The number of benzene rings is 1. The third-order valence-corrected chi connectivity index (χ3v) is 4.15. The van der Waals surface area contributed by atoms with Crippen molar-refractivity contribution >= 4 is 23.3 Å². The largest absolute Gasteiger partial charge is 0.416 e. The van der Waals surface area contributed by atoms with E-state index in [9.17, 15) is 18.0 Å². The quantitative estimate of drug-likeness (QED) is 0.629. The van der Waals surface area contributed by atoms with Crippen molar-refractivity contribution in [1.29, 1.82) is 0 Å². The highest BCUT2D eigenvalue weighted by Gasteiger charge is 2.31. The summed E-state index contributed by atoms with van der Waals surface area (Å²) in [5.74, 6) is -0.318. The lowest BCUT2D eigenvalue weighted by molar-refractivity contribution is -0.137. The Hall–Kier alpha value is -3.07. The molecule has 140 valence electrons. The lowest BCUT2D eigenvalue weighted by Crippen LogP contribution is -2.19. The number of nitrogens with two attached hydrogens (primary N) is 1. The van der Waals surface area contributed by atoms with Gasteiger partial charge in [0.2, 0.25) is 0 Å². The maximum atomic E-state index is 13.1. The van der Waals surface area contributed by atoms with Crippen LogP contribution in [-0.2, 0) is 6.18 Å². The number of alkyl halides is 3. The zero-order chi connectivity index (χ0) is 19.8. The topological polar surface area (TPSA) is 96.7 Å². The van der Waals surface area contributed by atoms with E-state index < -0.39 is 17.6 Å². The van der Waals surface area contributed by atoms with Gasteiger partial charge in [-0.05, 0) is 24.3 Å². The van der Waals surface area contributed by atoms with Gasteiger partial charge >= 0.3 is 6.18 Å². The first-order valence-corrected chi connectivity index (χ1v) is 7.98. The first kappa shape index (κ1) is 18.7. The van der Waals surface area contributed by atoms with Gasteiger partial charge in [-0.1, -0.05) is 11.6 Å². The van der Waals surface area contributed by atoms with Gasteiger partial charge in [0.25, 0.3) is 5.91 Å². The van der Waals surface area contributed by atoms with Crippen molar-refractivity contribution < 1.29 is 18.0 Å². The average Bonchev–Trinajstić information content (AvgIpc) is 3.05. The molecule has 3 rings (SSSR count). The SMILES string of the molecule is CNC(=O)c1[nH]c(-c2cc(N)ncn2)cc1-c1cc(C(F)(F)F)ccc1Cl. The van der Waals surface area contributed by atoms with Crippen molar-refractivity contribution in [2.24, 2.45) is 0 Å². The fourth-order valence-corrected chi connectivity index (χ4v) is 2.76. The highest BCUT2D eigenvalue weighted by atomic mass is 35.5. The van der Waals surface area contributed by atoms with Crippen molar-refractivity contribution in [3.05, 3.63) is 52.9 Å². The molecule has 0 spiro atoms. The molecule has 3 aromatic rings. The Labute approximate surface area is 156 Å². The number of nitrogens with zero attached hydrogens (tertiary/aromatic N) is 2. The molecule has 0 atom stereocenters. The minimum absolute atomic E-state index is 0.0471. The molecule has 1 aromatic carbocycles. The molecular weight excluding hydrogens is 383 g/mol. The van der Waals surface area contributed by atoms with Crippen LogP contribution in [0.3, 0.4) is 0 Å². The van der Waals surface area contributed by atoms with Crippen LogP contribution in [0.4, 0.5) is 19.0 Å². The minimum atomic E-state index is -4.55. The summed E-state index contributed by atoms with van der Waals surface area (Å²) in [5.41, 5.74) is 5.84. The van der Waals surface area contributed by atoms with Crippen molar-refractivity contribution in [3.8, 4) is 22.5 Å². The number of anilines is 1. The maximum Gasteiger partial charge on any atom is 0.416 e. The number of nitrogens with one attached hydrogen (secondary N) is 2. The Bertz CT molecular complexity index is 1020. The van der Waals surface area contributed by atoms with Crippen LogP contribution in [0.2, 0.25) is 5.02 Å². The van der Waals surface area contributed by atoms with Gasteiger partial charge in [-0.2, -0.15) is 13.2 Å². The Balaban J connectivity index is 2.22. The predicted molar refractivity (Wildman–Crippen MR) is 95.1 cm³/mol. The molecule has 1 amide bonds. The van der Waals surface area contributed by atoms with E-state index in [1.807, 2.05) is 0 Å². The van der Waals surface area contributed by atoms with Crippen molar-refractivity contribution in [2.75, 3.05) is 12.8 Å². The molecule has 6 nitrogen and oxygen atoms in total. The van der Waals surface area contributed by atoms with Crippen LogP contribution in [0.25, 0.3) is 22.5 Å². The summed E-state index contributed by atoms with van der Waals surface area (Å²) < 4.78 is 39.3. The molecule has 0 fully saturated rings. The normalized spacial score (nSPS) is 11.4. The van der Waals surface area contributed by atoms with Crippen LogP contribution >= 0.6 is 11.6 Å². The van der Waals surface area contributed by atoms with Gasteiger partial charge in [-0.25, -0.2) is 9.97 Å². The molecule has 0 bridgehead atoms. The predicted octanol–water partition coefficient (Wildman–Crippen LogP) is 3.75. The lowest BCUT2D eigenvalue weighted by atomic mass is 10.0. The summed E-state index contributed by atoms with van der Waals surface area (Å²) in [6, 6.07) is 5.88. The minimum Gasteiger partial charge on any atom is -0.384 e. The molecule has 10 heteroatoms. The number of aromatic amines is 1. The number of halogens is 4. The summed E-state index contributed by atoms with van der Waals surface area (Å²) in [7, 11) is 1.41. The van der Waals surface area contributed by atoms with Crippen molar-refractivity contribution in [2.45, 2.75) is 6.18 Å². The van der Waals surface area contributed by atoms with Gasteiger partial charge < -0.3 is 16.0 Å². The zero-order valence-corrected chi connectivity index (χ0v) is 14.6. The van der Waals surface area contributed by atoms with Gasteiger partial charge in [-0.15, -0.1) is 0 Å². The third-order valence-electron chi connectivity index (χ3n) is 3.82. The Morgan fingerprint density at radius 2 is 1.93 bits per heavy atom. The Morgan fingerprint density at radius 3 is 2.56 bits per heavy atom. The molecule has 27 heavy (non-hydrogen) atoms. The van der Waals surface area contributed by atoms with E-state index >= 15 is 0 Å². The number of H-pyrrole nitrogens is 1. The van der Waals surface area contributed by atoms with Gasteiger partial charge in [0.1, 0.15) is 17.8 Å². The zero-order valence-electron chi connectivity index (χ0n) is 13.9.